The number of fused-ring (bicyclic) bond motifs is 3. The van der Waals surface area contributed by atoms with Gasteiger partial charge in [-0.05, 0) is 65.6 Å². The number of carbonyl (C=O) groups is 2. The lowest BCUT2D eigenvalue weighted by Crippen LogP contribution is -2.51. The first-order valence-corrected chi connectivity index (χ1v) is 13.9. The SMILES string of the molecule is COc1ccc(C2C3CCCN3C3(C(=O)c4cccc5cccc3c45)C2C(=O)c2ccc(O)c(OC)c2)c(OC)c1. The molecule has 41 heavy (non-hydrogen) atoms. The van der Waals surface area contributed by atoms with Crippen molar-refractivity contribution in [3.05, 3.63) is 95.1 Å². The molecule has 4 atom stereocenters. The summed E-state index contributed by atoms with van der Waals surface area (Å²) in [6.45, 7) is 0.707. The maximum absolute atomic E-state index is 15.0. The Balaban J connectivity index is 1.53. The lowest BCUT2D eigenvalue weighted by atomic mass is 9.68. The molecule has 0 saturated carbocycles. The average molecular weight is 550 g/mol. The first-order chi connectivity index (χ1) is 19.9. The maximum Gasteiger partial charge on any atom is 0.189 e. The van der Waals surface area contributed by atoms with E-state index < -0.39 is 11.5 Å². The summed E-state index contributed by atoms with van der Waals surface area (Å²) >= 11 is 0. The molecule has 2 fully saturated rings. The van der Waals surface area contributed by atoms with Crippen LogP contribution in [-0.4, -0.2) is 55.5 Å². The summed E-state index contributed by atoms with van der Waals surface area (Å²) in [6.07, 6.45) is 1.78. The average Bonchev–Trinajstić information content (AvgIpc) is 3.66. The molecule has 1 N–H and O–H groups in total. The summed E-state index contributed by atoms with van der Waals surface area (Å²) < 4.78 is 16.7. The van der Waals surface area contributed by atoms with Gasteiger partial charge in [-0.15, -0.1) is 0 Å². The molecule has 4 unspecified atom stereocenters. The molecule has 3 aliphatic rings. The van der Waals surface area contributed by atoms with Crippen LogP contribution in [-0.2, 0) is 5.54 Å². The second-order valence-corrected chi connectivity index (χ2v) is 11.1. The molecular formula is C34H31NO6. The highest BCUT2D eigenvalue weighted by molar-refractivity contribution is 6.22. The Bertz CT molecular complexity index is 1720. The second-order valence-electron chi connectivity index (χ2n) is 11.1. The van der Waals surface area contributed by atoms with E-state index in [1.54, 1.807) is 26.4 Å². The third-order valence-corrected chi connectivity index (χ3v) is 9.43. The van der Waals surface area contributed by atoms with Gasteiger partial charge < -0.3 is 19.3 Å². The number of ketones is 2. The molecule has 0 radical (unpaired) electrons. The Hall–Kier alpha value is -4.36. The third-order valence-electron chi connectivity index (χ3n) is 9.43. The summed E-state index contributed by atoms with van der Waals surface area (Å²) in [4.78, 5) is 32.2. The van der Waals surface area contributed by atoms with Gasteiger partial charge in [-0.1, -0.05) is 42.5 Å². The van der Waals surface area contributed by atoms with Crippen LogP contribution in [0, 0.1) is 5.92 Å². The van der Waals surface area contributed by atoms with Crippen molar-refractivity contribution in [2.45, 2.75) is 30.3 Å². The molecule has 7 nitrogen and oxygen atoms in total. The molecule has 2 aliphatic heterocycles. The third kappa shape index (κ3) is 3.36. The van der Waals surface area contributed by atoms with Gasteiger partial charge in [-0.2, -0.15) is 0 Å². The number of aromatic hydroxyl groups is 1. The van der Waals surface area contributed by atoms with Crippen molar-refractivity contribution in [3.63, 3.8) is 0 Å². The number of Topliss-reactive ketones (excluding diaryl/α,β-unsaturated/α-hetero) is 2. The van der Waals surface area contributed by atoms with Crippen LogP contribution in [0.25, 0.3) is 10.8 Å². The van der Waals surface area contributed by atoms with Crippen LogP contribution >= 0.6 is 0 Å². The molecule has 4 aromatic rings. The normalized spacial score (nSPS) is 24.7. The number of hydrogen-bond acceptors (Lipinski definition) is 7. The van der Waals surface area contributed by atoms with Gasteiger partial charge in [0.25, 0.3) is 0 Å². The molecule has 7 rings (SSSR count). The van der Waals surface area contributed by atoms with Crippen LogP contribution in [0.3, 0.4) is 0 Å². The highest BCUT2D eigenvalue weighted by Crippen LogP contribution is 2.63. The highest BCUT2D eigenvalue weighted by atomic mass is 16.5. The molecule has 208 valence electrons. The Labute approximate surface area is 238 Å². The van der Waals surface area contributed by atoms with Crippen molar-refractivity contribution in [2.24, 2.45) is 5.92 Å². The fourth-order valence-corrected chi connectivity index (χ4v) is 7.88. The highest BCUT2D eigenvalue weighted by Gasteiger charge is 2.69. The van der Waals surface area contributed by atoms with E-state index >= 15 is 0 Å². The Morgan fingerprint density at radius 2 is 1.71 bits per heavy atom. The number of hydrogen-bond donors (Lipinski definition) is 1. The number of phenolic OH excluding ortho intramolecular Hbond substituents is 1. The summed E-state index contributed by atoms with van der Waals surface area (Å²) in [6, 6.07) is 22.2. The van der Waals surface area contributed by atoms with Gasteiger partial charge in [0.15, 0.2) is 23.1 Å². The topological polar surface area (TPSA) is 85.3 Å². The van der Waals surface area contributed by atoms with Crippen molar-refractivity contribution in [3.8, 4) is 23.0 Å². The molecule has 0 amide bonds. The largest absolute Gasteiger partial charge is 0.504 e. The minimum absolute atomic E-state index is 0.0322. The van der Waals surface area contributed by atoms with Crippen LogP contribution in [0.1, 0.15) is 50.6 Å². The summed E-state index contributed by atoms with van der Waals surface area (Å²) in [5.74, 6) is 0.156. The predicted octanol–water partition coefficient (Wildman–Crippen LogP) is 5.72. The zero-order valence-electron chi connectivity index (χ0n) is 23.2. The Morgan fingerprint density at radius 1 is 0.927 bits per heavy atom. The van der Waals surface area contributed by atoms with E-state index in [-0.39, 0.29) is 35.0 Å². The van der Waals surface area contributed by atoms with E-state index in [1.807, 2.05) is 54.6 Å². The Morgan fingerprint density at radius 3 is 2.46 bits per heavy atom. The molecule has 7 heteroatoms. The van der Waals surface area contributed by atoms with E-state index in [2.05, 4.69) is 4.90 Å². The minimum Gasteiger partial charge on any atom is -0.504 e. The van der Waals surface area contributed by atoms with Crippen LogP contribution < -0.4 is 14.2 Å². The number of phenols is 1. The lowest BCUT2D eigenvalue weighted by Gasteiger charge is -2.38. The second kappa shape index (κ2) is 9.35. The van der Waals surface area contributed by atoms with Gasteiger partial charge in [0.1, 0.15) is 17.0 Å². The van der Waals surface area contributed by atoms with Crippen molar-refractivity contribution in [1.29, 1.82) is 0 Å². The molecule has 2 saturated heterocycles. The van der Waals surface area contributed by atoms with Crippen LogP contribution in [0.15, 0.2) is 72.8 Å². The van der Waals surface area contributed by atoms with E-state index in [0.717, 1.165) is 34.7 Å². The lowest BCUT2D eigenvalue weighted by molar-refractivity contribution is 0.0519. The molecule has 1 aliphatic carbocycles. The van der Waals surface area contributed by atoms with Crippen LogP contribution in [0.4, 0.5) is 0 Å². The number of nitrogens with zero attached hydrogens (tertiary/aromatic N) is 1. The predicted molar refractivity (Wildman–Crippen MR) is 154 cm³/mol. The zero-order valence-corrected chi connectivity index (χ0v) is 23.2. The molecule has 4 aromatic carbocycles. The zero-order chi connectivity index (χ0) is 28.5. The standard InChI is InChI=1S/C34H31NO6/c1-39-21-13-14-22(27(18-21)40-2)30-25-11-6-16-35(25)34(31(30)32(37)20-12-15-26(36)28(17-20)41-3)24-10-5-8-19-7-4-9-23(29(19)24)33(34)38/h4-5,7-10,12-15,17-18,25,30-31,36H,6,11,16H2,1-3H3. The van der Waals surface area contributed by atoms with Gasteiger partial charge in [0.2, 0.25) is 0 Å². The van der Waals surface area contributed by atoms with Gasteiger partial charge in [0.05, 0.1) is 27.2 Å². The van der Waals surface area contributed by atoms with Crippen LogP contribution in [0.2, 0.25) is 0 Å². The van der Waals surface area contributed by atoms with Crippen molar-refractivity contribution < 1.29 is 28.9 Å². The van der Waals surface area contributed by atoms with Gasteiger partial charge >= 0.3 is 0 Å². The summed E-state index contributed by atoms with van der Waals surface area (Å²) in [7, 11) is 4.69. The van der Waals surface area contributed by atoms with Crippen molar-refractivity contribution >= 4 is 22.3 Å². The number of rotatable bonds is 6. The van der Waals surface area contributed by atoms with Gasteiger partial charge in [-0.3, -0.25) is 14.5 Å². The van der Waals surface area contributed by atoms with E-state index in [4.69, 9.17) is 14.2 Å². The van der Waals surface area contributed by atoms with Crippen molar-refractivity contribution in [2.75, 3.05) is 27.9 Å². The molecule has 1 spiro atoms. The number of carbonyl (C=O) groups excluding carboxylic acids is 2. The van der Waals surface area contributed by atoms with E-state index in [9.17, 15) is 14.7 Å². The summed E-state index contributed by atoms with van der Waals surface area (Å²) in [5, 5.41) is 12.2. The number of benzene rings is 4. The van der Waals surface area contributed by atoms with Gasteiger partial charge in [-0.25, -0.2) is 0 Å². The number of methoxy groups -OCH3 is 3. The first kappa shape index (κ1) is 25.6. The molecule has 0 bridgehead atoms. The number of ether oxygens (including phenoxy) is 3. The maximum atomic E-state index is 15.0. The fourth-order valence-electron chi connectivity index (χ4n) is 7.88. The molecule has 2 heterocycles. The molecule has 0 aromatic heterocycles. The monoisotopic (exact) mass is 549 g/mol. The van der Waals surface area contributed by atoms with E-state index in [1.165, 1.54) is 13.2 Å². The summed E-state index contributed by atoms with van der Waals surface area (Å²) in [5.41, 5.74) is 1.64. The fraction of sp³-hybridized carbons (Fsp3) is 0.294. The van der Waals surface area contributed by atoms with Gasteiger partial charge in [0, 0.05) is 29.2 Å². The molecular weight excluding hydrogens is 518 g/mol. The smallest absolute Gasteiger partial charge is 0.189 e. The Kier molecular flexibility index (Phi) is 5.84. The van der Waals surface area contributed by atoms with Crippen LogP contribution in [0.5, 0.6) is 23.0 Å². The minimum atomic E-state index is -1.18. The quantitative estimate of drug-likeness (QED) is 0.308. The van der Waals surface area contributed by atoms with E-state index in [0.29, 0.717) is 29.2 Å². The van der Waals surface area contributed by atoms with Crippen molar-refractivity contribution in [1.82, 2.24) is 4.90 Å². The first-order valence-electron chi connectivity index (χ1n) is 13.9.